The van der Waals surface area contributed by atoms with Crippen molar-refractivity contribution in [3.8, 4) is 11.8 Å². The highest BCUT2D eigenvalue weighted by atomic mass is 16.5. The van der Waals surface area contributed by atoms with Crippen LogP contribution in [0.5, 0.6) is 5.75 Å². The van der Waals surface area contributed by atoms with Gasteiger partial charge in [-0.1, -0.05) is 56.3 Å². The predicted molar refractivity (Wildman–Crippen MR) is 88.8 cm³/mol. The SMILES string of the molecule is CC(C)C(C#N)=NCc1ccc(OCc2ccccc2)cc1. The second-order valence-electron chi connectivity index (χ2n) is 5.39. The Bertz CT molecular complexity index is 652. The summed E-state index contributed by atoms with van der Waals surface area (Å²) >= 11 is 0. The minimum absolute atomic E-state index is 0.165. The van der Waals surface area contributed by atoms with Crippen LogP contribution in [0.2, 0.25) is 0 Å². The molecule has 0 aliphatic heterocycles. The average molecular weight is 292 g/mol. The predicted octanol–water partition coefficient (Wildman–Crippen LogP) is 4.39. The van der Waals surface area contributed by atoms with Crippen molar-refractivity contribution in [2.75, 3.05) is 0 Å². The molecule has 112 valence electrons. The lowest BCUT2D eigenvalue weighted by molar-refractivity contribution is 0.306. The van der Waals surface area contributed by atoms with Crippen LogP contribution in [0.25, 0.3) is 0 Å². The van der Waals surface area contributed by atoms with Crippen molar-refractivity contribution in [2.45, 2.75) is 27.0 Å². The molecule has 0 saturated heterocycles. The van der Waals surface area contributed by atoms with Crippen molar-refractivity contribution in [2.24, 2.45) is 10.9 Å². The zero-order valence-corrected chi connectivity index (χ0v) is 13.0. The Labute approximate surface area is 131 Å². The third-order valence-corrected chi connectivity index (χ3v) is 3.27. The summed E-state index contributed by atoms with van der Waals surface area (Å²) in [5.74, 6) is 0.999. The first-order chi connectivity index (χ1) is 10.7. The van der Waals surface area contributed by atoms with Gasteiger partial charge >= 0.3 is 0 Å². The molecule has 0 heterocycles. The summed E-state index contributed by atoms with van der Waals surface area (Å²) < 4.78 is 5.74. The molecule has 2 rings (SSSR count). The summed E-state index contributed by atoms with van der Waals surface area (Å²) in [6, 6.07) is 20.1. The van der Waals surface area contributed by atoms with Gasteiger partial charge in [0, 0.05) is 5.92 Å². The summed E-state index contributed by atoms with van der Waals surface area (Å²) in [6.45, 7) is 5.04. The molecule has 3 heteroatoms. The molecule has 0 N–H and O–H groups in total. The minimum atomic E-state index is 0.165. The van der Waals surface area contributed by atoms with Crippen LogP contribution in [0.4, 0.5) is 0 Å². The Morgan fingerprint density at radius 3 is 2.32 bits per heavy atom. The molecular formula is C19H20N2O. The lowest BCUT2D eigenvalue weighted by Gasteiger charge is -2.07. The molecule has 0 unspecified atom stereocenters. The molecule has 0 radical (unpaired) electrons. The molecule has 3 nitrogen and oxygen atoms in total. The molecule has 0 amide bonds. The van der Waals surface area contributed by atoms with E-state index in [2.05, 4.69) is 11.1 Å². The number of nitriles is 1. The monoisotopic (exact) mass is 292 g/mol. The van der Waals surface area contributed by atoms with Crippen LogP contribution in [0.1, 0.15) is 25.0 Å². The first-order valence-electron chi connectivity index (χ1n) is 7.39. The molecule has 0 saturated carbocycles. The second-order valence-corrected chi connectivity index (χ2v) is 5.39. The standard InChI is InChI=1S/C19H20N2O/c1-15(2)19(12-20)21-13-16-8-10-18(11-9-16)22-14-17-6-4-3-5-7-17/h3-11,15H,13-14H2,1-2H3. The highest BCUT2D eigenvalue weighted by Gasteiger charge is 2.03. The van der Waals surface area contributed by atoms with Crippen LogP contribution in [0.3, 0.4) is 0 Å². The zero-order chi connectivity index (χ0) is 15.8. The van der Waals surface area contributed by atoms with Crippen LogP contribution in [0, 0.1) is 17.2 Å². The summed E-state index contributed by atoms with van der Waals surface area (Å²) in [4.78, 5) is 4.35. The van der Waals surface area contributed by atoms with Gasteiger partial charge in [0.05, 0.1) is 6.54 Å². The van der Waals surface area contributed by atoms with Gasteiger partial charge in [0.15, 0.2) is 0 Å². The number of nitrogens with zero attached hydrogens (tertiary/aromatic N) is 2. The zero-order valence-electron chi connectivity index (χ0n) is 13.0. The molecular weight excluding hydrogens is 272 g/mol. The highest BCUT2D eigenvalue weighted by Crippen LogP contribution is 2.15. The van der Waals surface area contributed by atoms with E-state index in [1.807, 2.05) is 68.4 Å². The molecule has 2 aromatic rings. The topological polar surface area (TPSA) is 45.4 Å². The Balaban J connectivity index is 1.92. The van der Waals surface area contributed by atoms with Crippen molar-refractivity contribution < 1.29 is 4.74 Å². The van der Waals surface area contributed by atoms with Crippen LogP contribution < -0.4 is 4.74 Å². The molecule has 22 heavy (non-hydrogen) atoms. The van der Waals surface area contributed by atoms with Gasteiger partial charge in [-0.15, -0.1) is 0 Å². The Hall–Kier alpha value is -2.60. The van der Waals surface area contributed by atoms with Crippen LogP contribution >= 0.6 is 0 Å². The molecule has 2 aromatic carbocycles. The highest BCUT2D eigenvalue weighted by molar-refractivity contribution is 5.99. The fourth-order valence-corrected chi connectivity index (χ4v) is 1.96. The van der Waals surface area contributed by atoms with Crippen LogP contribution in [-0.2, 0) is 13.2 Å². The third-order valence-electron chi connectivity index (χ3n) is 3.27. The molecule has 0 fully saturated rings. The molecule has 0 spiro atoms. The molecule has 0 aliphatic rings. The van der Waals surface area contributed by atoms with Crippen molar-refractivity contribution in [3.63, 3.8) is 0 Å². The minimum Gasteiger partial charge on any atom is -0.489 e. The van der Waals surface area contributed by atoms with Crippen molar-refractivity contribution in [1.29, 1.82) is 5.26 Å². The third kappa shape index (κ3) is 4.75. The summed E-state index contributed by atoms with van der Waals surface area (Å²) in [7, 11) is 0. The second kappa shape index (κ2) is 7.99. The van der Waals surface area contributed by atoms with Gasteiger partial charge in [-0.05, 0) is 23.3 Å². The van der Waals surface area contributed by atoms with Crippen molar-refractivity contribution in [1.82, 2.24) is 0 Å². The fraction of sp³-hybridized carbons (Fsp3) is 0.263. The summed E-state index contributed by atoms with van der Waals surface area (Å²) in [5.41, 5.74) is 2.80. The van der Waals surface area contributed by atoms with Gasteiger partial charge in [0.25, 0.3) is 0 Å². The van der Waals surface area contributed by atoms with Gasteiger partial charge in [-0.25, -0.2) is 0 Å². The van der Waals surface area contributed by atoms with Gasteiger partial charge in [-0.2, -0.15) is 5.26 Å². The van der Waals surface area contributed by atoms with E-state index in [1.54, 1.807) is 0 Å². The lowest BCUT2D eigenvalue weighted by Crippen LogP contribution is -2.04. The van der Waals surface area contributed by atoms with E-state index in [-0.39, 0.29) is 5.92 Å². The lowest BCUT2D eigenvalue weighted by atomic mass is 10.1. The van der Waals surface area contributed by atoms with Gasteiger partial charge < -0.3 is 4.74 Å². The fourth-order valence-electron chi connectivity index (χ4n) is 1.96. The van der Waals surface area contributed by atoms with E-state index in [1.165, 1.54) is 0 Å². The quantitative estimate of drug-likeness (QED) is 0.741. The van der Waals surface area contributed by atoms with E-state index < -0.39 is 0 Å². The number of ether oxygens (including phenoxy) is 1. The maximum atomic E-state index is 9.00. The normalized spacial score (nSPS) is 11.3. The largest absolute Gasteiger partial charge is 0.489 e. The molecule has 0 aromatic heterocycles. The van der Waals surface area contributed by atoms with E-state index >= 15 is 0 Å². The van der Waals surface area contributed by atoms with Crippen LogP contribution in [0.15, 0.2) is 59.6 Å². The first-order valence-corrected chi connectivity index (χ1v) is 7.39. The maximum Gasteiger partial charge on any atom is 0.119 e. The van der Waals surface area contributed by atoms with Crippen LogP contribution in [-0.4, -0.2) is 5.71 Å². The van der Waals surface area contributed by atoms with E-state index in [4.69, 9.17) is 10.00 Å². The number of hydrogen-bond acceptors (Lipinski definition) is 3. The smallest absolute Gasteiger partial charge is 0.119 e. The number of hydrogen-bond donors (Lipinski definition) is 0. The Morgan fingerprint density at radius 2 is 1.73 bits per heavy atom. The van der Waals surface area contributed by atoms with E-state index in [9.17, 15) is 0 Å². The van der Waals surface area contributed by atoms with Gasteiger partial charge in [0.1, 0.15) is 24.1 Å². The molecule has 0 bridgehead atoms. The van der Waals surface area contributed by atoms with Crippen molar-refractivity contribution in [3.05, 3.63) is 65.7 Å². The maximum absolute atomic E-state index is 9.00. The van der Waals surface area contributed by atoms with Crippen molar-refractivity contribution >= 4 is 5.71 Å². The number of rotatable bonds is 6. The first kappa shape index (κ1) is 15.8. The Morgan fingerprint density at radius 1 is 1.05 bits per heavy atom. The molecule has 0 atom stereocenters. The molecule has 0 aliphatic carbocycles. The van der Waals surface area contributed by atoms with Gasteiger partial charge in [0.2, 0.25) is 0 Å². The average Bonchev–Trinajstić information content (AvgIpc) is 2.55. The summed E-state index contributed by atoms with van der Waals surface area (Å²) in [6.07, 6.45) is 0. The van der Waals surface area contributed by atoms with E-state index in [0.29, 0.717) is 18.9 Å². The number of benzene rings is 2. The Kier molecular flexibility index (Phi) is 5.73. The summed E-state index contributed by atoms with van der Waals surface area (Å²) in [5, 5.41) is 9.00. The van der Waals surface area contributed by atoms with Gasteiger partial charge in [-0.3, -0.25) is 4.99 Å². The number of aliphatic imine (C=N–C) groups is 1. The van der Waals surface area contributed by atoms with E-state index in [0.717, 1.165) is 16.9 Å².